The van der Waals surface area contributed by atoms with Crippen LogP contribution in [0.4, 0.5) is 0 Å². The Hall–Kier alpha value is -1.61. The predicted octanol–water partition coefficient (Wildman–Crippen LogP) is 2.19. The van der Waals surface area contributed by atoms with Crippen LogP contribution in [0.2, 0.25) is 0 Å². The number of rotatable bonds is 6. The molecule has 0 bridgehead atoms. The molecule has 25 heavy (non-hydrogen) atoms. The van der Waals surface area contributed by atoms with Crippen molar-refractivity contribution in [3.05, 3.63) is 29.3 Å². The van der Waals surface area contributed by atoms with Crippen LogP contribution in [0, 0.1) is 4.77 Å². The lowest BCUT2D eigenvalue weighted by Crippen LogP contribution is -2.46. The number of hydrogen-bond acceptors (Lipinski definition) is 6. The van der Waals surface area contributed by atoms with Crippen molar-refractivity contribution in [2.24, 2.45) is 0 Å². The van der Waals surface area contributed by atoms with Gasteiger partial charge in [-0.05, 0) is 38.2 Å². The summed E-state index contributed by atoms with van der Waals surface area (Å²) < 4.78 is 15.7. The standard InChI is InChI=1S/C17H25N5O2S/c1-13-10-20(11-14(2)24-13)12-22-17(25)21(8-9-23-3)16(19-22)15-4-6-18-7-5-15/h4-7,13-14H,8-12H2,1-3H3/t13-,14-/m0/s1. The van der Waals surface area contributed by atoms with Gasteiger partial charge in [-0.3, -0.25) is 14.5 Å². The molecule has 7 nitrogen and oxygen atoms in total. The molecule has 0 N–H and O–H groups in total. The number of methoxy groups -OCH3 is 1. The van der Waals surface area contributed by atoms with Gasteiger partial charge in [0.05, 0.1) is 32.0 Å². The highest BCUT2D eigenvalue weighted by atomic mass is 32.1. The average Bonchev–Trinajstić information content (AvgIpc) is 2.89. The van der Waals surface area contributed by atoms with E-state index in [0.29, 0.717) is 24.6 Å². The van der Waals surface area contributed by atoms with Crippen LogP contribution in [-0.4, -0.2) is 63.2 Å². The summed E-state index contributed by atoms with van der Waals surface area (Å²) in [5.41, 5.74) is 1.000. The fourth-order valence-corrected chi connectivity index (χ4v) is 3.50. The van der Waals surface area contributed by atoms with Gasteiger partial charge in [0.1, 0.15) is 0 Å². The molecule has 2 aromatic heterocycles. The van der Waals surface area contributed by atoms with E-state index in [-0.39, 0.29) is 12.2 Å². The molecular formula is C17H25N5O2S. The fraction of sp³-hybridized carbons (Fsp3) is 0.588. The number of pyridine rings is 1. The molecule has 1 saturated heterocycles. The third-order valence-electron chi connectivity index (χ3n) is 4.21. The van der Waals surface area contributed by atoms with Crippen molar-refractivity contribution in [2.45, 2.75) is 39.3 Å². The minimum absolute atomic E-state index is 0.216. The molecule has 0 saturated carbocycles. The Morgan fingerprint density at radius 1 is 1.24 bits per heavy atom. The van der Waals surface area contributed by atoms with Crippen molar-refractivity contribution < 1.29 is 9.47 Å². The summed E-state index contributed by atoms with van der Waals surface area (Å²) in [6.45, 7) is 7.87. The number of morpholine rings is 1. The minimum atomic E-state index is 0.216. The normalized spacial score (nSPS) is 21.6. The number of hydrogen-bond donors (Lipinski definition) is 0. The molecule has 0 aromatic carbocycles. The van der Waals surface area contributed by atoms with Crippen molar-refractivity contribution >= 4 is 12.2 Å². The SMILES string of the molecule is COCCn1c(-c2ccncc2)nn(CN2C[C@H](C)O[C@@H](C)C2)c1=S. The first kappa shape index (κ1) is 18.2. The van der Waals surface area contributed by atoms with Crippen LogP contribution in [0.15, 0.2) is 24.5 Å². The first-order valence-electron chi connectivity index (χ1n) is 8.53. The second-order valence-corrected chi connectivity index (χ2v) is 6.79. The van der Waals surface area contributed by atoms with E-state index in [1.165, 1.54) is 0 Å². The Kier molecular flexibility index (Phi) is 5.95. The van der Waals surface area contributed by atoms with Crippen LogP contribution >= 0.6 is 12.2 Å². The lowest BCUT2D eigenvalue weighted by molar-refractivity contribution is -0.0777. The van der Waals surface area contributed by atoms with Crippen LogP contribution in [0.5, 0.6) is 0 Å². The third kappa shape index (κ3) is 4.33. The summed E-state index contributed by atoms with van der Waals surface area (Å²) in [5, 5.41) is 4.79. The minimum Gasteiger partial charge on any atom is -0.383 e. The Morgan fingerprint density at radius 3 is 2.56 bits per heavy atom. The highest BCUT2D eigenvalue weighted by molar-refractivity contribution is 7.71. The largest absolute Gasteiger partial charge is 0.383 e. The first-order chi connectivity index (χ1) is 12.1. The molecule has 2 atom stereocenters. The van der Waals surface area contributed by atoms with Gasteiger partial charge < -0.3 is 9.47 Å². The summed E-state index contributed by atoms with van der Waals surface area (Å²) >= 11 is 5.69. The zero-order valence-corrected chi connectivity index (χ0v) is 15.8. The predicted molar refractivity (Wildman–Crippen MR) is 97.7 cm³/mol. The van der Waals surface area contributed by atoms with E-state index in [4.69, 9.17) is 26.8 Å². The van der Waals surface area contributed by atoms with Crippen molar-refractivity contribution in [2.75, 3.05) is 26.8 Å². The molecule has 8 heteroatoms. The third-order valence-corrected chi connectivity index (χ3v) is 4.64. The lowest BCUT2D eigenvalue weighted by Gasteiger charge is -2.34. The Balaban J connectivity index is 1.89. The molecule has 0 amide bonds. The van der Waals surface area contributed by atoms with Gasteiger partial charge >= 0.3 is 0 Å². The Bertz CT molecular complexity index is 735. The molecule has 1 aliphatic heterocycles. The summed E-state index contributed by atoms with van der Waals surface area (Å²) in [5.74, 6) is 0.846. The van der Waals surface area contributed by atoms with Gasteiger partial charge in [0.25, 0.3) is 0 Å². The van der Waals surface area contributed by atoms with Crippen molar-refractivity contribution in [3.63, 3.8) is 0 Å². The maximum absolute atomic E-state index is 5.81. The van der Waals surface area contributed by atoms with E-state index in [1.807, 2.05) is 21.4 Å². The molecule has 0 unspecified atom stereocenters. The first-order valence-corrected chi connectivity index (χ1v) is 8.94. The van der Waals surface area contributed by atoms with Crippen molar-refractivity contribution in [1.82, 2.24) is 24.2 Å². The van der Waals surface area contributed by atoms with Gasteiger partial charge in [0, 0.05) is 38.2 Å². The maximum atomic E-state index is 5.81. The van der Waals surface area contributed by atoms with Crippen LogP contribution < -0.4 is 0 Å². The molecule has 3 heterocycles. The van der Waals surface area contributed by atoms with Gasteiger partial charge in [0.15, 0.2) is 10.6 Å². The number of nitrogens with zero attached hydrogens (tertiary/aromatic N) is 5. The fourth-order valence-electron chi connectivity index (χ4n) is 3.22. The monoisotopic (exact) mass is 363 g/mol. The van der Waals surface area contributed by atoms with E-state index in [1.54, 1.807) is 19.5 Å². The second kappa shape index (κ2) is 8.18. The van der Waals surface area contributed by atoms with E-state index < -0.39 is 0 Å². The van der Waals surface area contributed by atoms with Crippen molar-refractivity contribution in [1.29, 1.82) is 0 Å². The molecular weight excluding hydrogens is 338 g/mol. The molecule has 1 fully saturated rings. The highest BCUT2D eigenvalue weighted by Gasteiger charge is 2.23. The van der Waals surface area contributed by atoms with E-state index in [2.05, 4.69) is 23.7 Å². The zero-order chi connectivity index (χ0) is 17.8. The van der Waals surface area contributed by atoms with Crippen LogP contribution in [0.3, 0.4) is 0 Å². The van der Waals surface area contributed by atoms with E-state index >= 15 is 0 Å². The number of aromatic nitrogens is 4. The molecule has 0 aliphatic carbocycles. The highest BCUT2D eigenvalue weighted by Crippen LogP contribution is 2.19. The second-order valence-electron chi connectivity index (χ2n) is 6.42. The Labute approximate surface area is 153 Å². The Morgan fingerprint density at radius 2 is 1.92 bits per heavy atom. The maximum Gasteiger partial charge on any atom is 0.199 e. The van der Waals surface area contributed by atoms with E-state index in [0.717, 1.165) is 24.5 Å². The topological polar surface area (TPSA) is 57.3 Å². The molecule has 2 aromatic rings. The lowest BCUT2D eigenvalue weighted by atomic mass is 10.2. The van der Waals surface area contributed by atoms with E-state index in [9.17, 15) is 0 Å². The number of ether oxygens (including phenoxy) is 2. The van der Waals surface area contributed by atoms with Crippen LogP contribution in [0.25, 0.3) is 11.4 Å². The van der Waals surface area contributed by atoms with Gasteiger partial charge in [0.2, 0.25) is 0 Å². The summed E-state index contributed by atoms with van der Waals surface area (Å²) in [7, 11) is 1.69. The molecule has 0 spiro atoms. The molecule has 136 valence electrons. The van der Waals surface area contributed by atoms with Gasteiger partial charge in [-0.15, -0.1) is 0 Å². The summed E-state index contributed by atoms with van der Waals surface area (Å²) in [6.07, 6.45) is 3.97. The van der Waals surface area contributed by atoms with Crippen molar-refractivity contribution in [3.8, 4) is 11.4 Å². The van der Waals surface area contributed by atoms with Crippen LogP contribution in [0.1, 0.15) is 13.8 Å². The average molecular weight is 363 g/mol. The smallest absolute Gasteiger partial charge is 0.199 e. The van der Waals surface area contributed by atoms with Crippen LogP contribution in [-0.2, 0) is 22.7 Å². The zero-order valence-electron chi connectivity index (χ0n) is 15.0. The summed E-state index contributed by atoms with van der Waals surface area (Å²) in [6, 6.07) is 3.90. The molecule has 1 aliphatic rings. The quantitative estimate of drug-likeness (QED) is 0.734. The molecule has 3 rings (SSSR count). The van der Waals surface area contributed by atoms with Gasteiger partial charge in [-0.2, -0.15) is 5.10 Å². The molecule has 0 radical (unpaired) electrons. The summed E-state index contributed by atoms with van der Waals surface area (Å²) in [4.78, 5) is 6.42. The van der Waals surface area contributed by atoms with Gasteiger partial charge in [-0.1, -0.05) is 0 Å². The van der Waals surface area contributed by atoms with Gasteiger partial charge in [-0.25, -0.2) is 4.68 Å².